The third-order valence-corrected chi connectivity index (χ3v) is 1.75. The van der Waals surface area contributed by atoms with Crippen LogP contribution >= 0.6 is 0 Å². The number of nitrogens with zero attached hydrogens (tertiary/aromatic N) is 2. The van der Waals surface area contributed by atoms with E-state index in [9.17, 15) is 18.0 Å². The quantitative estimate of drug-likeness (QED) is 0.841. The molecular weight excluding hydrogens is 255 g/mol. The van der Waals surface area contributed by atoms with E-state index in [-0.39, 0.29) is 11.4 Å². The monoisotopic (exact) mass is 261 g/mol. The van der Waals surface area contributed by atoms with Gasteiger partial charge in [-0.05, 0) is 11.6 Å². The summed E-state index contributed by atoms with van der Waals surface area (Å²) in [4.78, 5) is 13.7. The lowest BCUT2D eigenvalue weighted by atomic mass is 10.1. The van der Waals surface area contributed by atoms with Crippen LogP contribution in [0.25, 0.3) is 0 Å². The first-order valence-corrected chi connectivity index (χ1v) is 4.40. The van der Waals surface area contributed by atoms with Crippen molar-refractivity contribution in [3.8, 4) is 11.9 Å². The van der Waals surface area contributed by atoms with Crippen molar-refractivity contribution in [1.29, 1.82) is 5.26 Å². The number of nitrogens with two attached hydrogens (primary N) is 1. The Morgan fingerprint density at radius 3 is 2.67 bits per heavy atom. The van der Waals surface area contributed by atoms with Crippen LogP contribution < -0.4 is 10.5 Å². The Morgan fingerprint density at radius 1 is 1.61 bits per heavy atom. The van der Waals surface area contributed by atoms with Gasteiger partial charge >= 0.3 is 12.3 Å². The summed E-state index contributed by atoms with van der Waals surface area (Å²) in [6.45, 7) is 0. The number of ether oxygens (including phenoxy) is 1. The number of halogens is 3. The fourth-order valence-electron chi connectivity index (χ4n) is 1.20. The third-order valence-electron chi connectivity index (χ3n) is 1.75. The zero-order valence-corrected chi connectivity index (χ0v) is 8.65. The van der Waals surface area contributed by atoms with Crippen molar-refractivity contribution >= 4 is 11.8 Å². The van der Waals surface area contributed by atoms with E-state index in [1.54, 1.807) is 0 Å². The van der Waals surface area contributed by atoms with Crippen LogP contribution in [0.4, 0.5) is 19.0 Å². The van der Waals surface area contributed by atoms with Gasteiger partial charge in [-0.15, -0.1) is 13.2 Å². The first-order valence-electron chi connectivity index (χ1n) is 4.40. The van der Waals surface area contributed by atoms with Gasteiger partial charge in [-0.1, -0.05) is 0 Å². The smallest absolute Gasteiger partial charge is 0.481 e. The Hall–Kier alpha value is -2.50. The number of carboxylic acid groups (broad SMARTS) is 1. The van der Waals surface area contributed by atoms with Crippen molar-refractivity contribution in [1.82, 2.24) is 4.98 Å². The Morgan fingerprint density at radius 2 is 2.22 bits per heavy atom. The molecule has 1 rings (SSSR count). The summed E-state index contributed by atoms with van der Waals surface area (Å²) in [5.74, 6) is -2.75. The second kappa shape index (κ2) is 4.79. The van der Waals surface area contributed by atoms with E-state index in [1.165, 1.54) is 6.07 Å². The van der Waals surface area contributed by atoms with Gasteiger partial charge in [0.1, 0.15) is 17.5 Å². The number of nitriles is 1. The van der Waals surface area contributed by atoms with Crippen LogP contribution in [-0.2, 0) is 11.2 Å². The molecule has 0 radical (unpaired) electrons. The van der Waals surface area contributed by atoms with Crippen molar-refractivity contribution in [2.45, 2.75) is 12.8 Å². The summed E-state index contributed by atoms with van der Waals surface area (Å²) in [5.41, 5.74) is 4.41. The van der Waals surface area contributed by atoms with Gasteiger partial charge in [0.15, 0.2) is 0 Å². The highest BCUT2D eigenvalue weighted by atomic mass is 19.4. The van der Waals surface area contributed by atoms with Crippen LogP contribution in [0.3, 0.4) is 0 Å². The summed E-state index contributed by atoms with van der Waals surface area (Å²) in [6.07, 6.45) is -5.71. The first kappa shape index (κ1) is 13.6. The summed E-state index contributed by atoms with van der Waals surface area (Å²) in [7, 11) is 0. The molecule has 0 atom stereocenters. The topological polar surface area (TPSA) is 109 Å². The fraction of sp³-hybridized carbons (Fsp3) is 0.222. The predicted octanol–water partition coefficient (Wildman–Crippen LogP) is 1.06. The number of pyridine rings is 1. The highest BCUT2D eigenvalue weighted by Crippen LogP contribution is 2.27. The Balaban J connectivity index is 3.30. The molecule has 3 N–H and O–H groups in total. The van der Waals surface area contributed by atoms with E-state index < -0.39 is 30.2 Å². The lowest BCUT2D eigenvalue weighted by molar-refractivity contribution is -0.276. The molecule has 0 bridgehead atoms. The van der Waals surface area contributed by atoms with Gasteiger partial charge in [-0.2, -0.15) is 10.2 Å². The van der Waals surface area contributed by atoms with Crippen LogP contribution in [0.15, 0.2) is 6.07 Å². The van der Waals surface area contributed by atoms with E-state index in [4.69, 9.17) is 16.1 Å². The number of carboxylic acids is 1. The maximum Gasteiger partial charge on any atom is 0.574 e. The molecule has 0 spiro atoms. The molecule has 0 unspecified atom stereocenters. The average molecular weight is 261 g/mol. The molecule has 0 fully saturated rings. The number of aromatic nitrogens is 1. The number of hydrogen-bond acceptors (Lipinski definition) is 5. The molecule has 1 aromatic rings. The van der Waals surface area contributed by atoms with Crippen molar-refractivity contribution in [2.75, 3.05) is 5.73 Å². The molecule has 0 aliphatic heterocycles. The number of hydrogen-bond donors (Lipinski definition) is 2. The number of nitrogen functional groups attached to an aromatic ring is 1. The molecule has 0 saturated heterocycles. The van der Waals surface area contributed by atoms with E-state index in [1.807, 2.05) is 0 Å². The molecular formula is C9H6F3N3O3. The highest BCUT2D eigenvalue weighted by molar-refractivity contribution is 5.72. The fourth-order valence-corrected chi connectivity index (χ4v) is 1.20. The second-order valence-corrected chi connectivity index (χ2v) is 3.12. The van der Waals surface area contributed by atoms with E-state index in [0.717, 1.165) is 6.07 Å². The maximum absolute atomic E-state index is 12.1. The summed E-state index contributed by atoms with van der Waals surface area (Å²) in [6, 6.07) is 2.42. The molecule has 0 saturated carbocycles. The zero-order valence-electron chi connectivity index (χ0n) is 8.65. The van der Waals surface area contributed by atoms with Gasteiger partial charge in [0.25, 0.3) is 0 Å². The molecule has 1 heterocycles. The number of carbonyl (C=O) groups is 1. The highest BCUT2D eigenvalue weighted by Gasteiger charge is 2.34. The van der Waals surface area contributed by atoms with Gasteiger partial charge in [0.2, 0.25) is 5.88 Å². The number of rotatable bonds is 3. The van der Waals surface area contributed by atoms with Crippen molar-refractivity contribution in [2.24, 2.45) is 0 Å². The molecule has 18 heavy (non-hydrogen) atoms. The Bertz CT molecular complexity index is 522. The van der Waals surface area contributed by atoms with Crippen molar-refractivity contribution < 1.29 is 27.8 Å². The van der Waals surface area contributed by atoms with Gasteiger partial charge < -0.3 is 15.6 Å². The Kier molecular flexibility index (Phi) is 3.61. The van der Waals surface area contributed by atoms with Crippen LogP contribution in [-0.4, -0.2) is 22.4 Å². The molecule has 0 aliphatic rings. The van der Waals surface area contributed by atoms with Gasteiger partial charge in [0, 0.05) is 0 Å². The molecule has 0 aromatic carbocycles. The van der Waals surface area contributed by atoms with E-state index >= 15 is 0 Å². The minimum Gasteiger partial charge on any atom is -0.481 e. The number of alkyl halides is 3. The standard InChI is InChI=1S/C9H6F3N3O3/c10-9(11,12)18-8-5(3-13)4(2-7(16)17)1-6(14)15-8/h1H,2H2,(H2,14,15)(H,16,17). The Labute approximate surface area is 98.4 Å². The third kappa shape index (κ3) is 3.51. The van der Waals surface area contributed by atoms with E-state index in [2.05, 4.69) is 9.72 Å². The molecule has 1 aromatic heterocycles. The van der Waals surface area contributed by atoms with Crippen molar-refractivity contribution in [3.63, 3.8) is 0 Å². The van der Waals surface area contributed by atoms with Crippen LogP contribution in [0.5, 0.6) is 5.88 Å². The SMILES string of the molecule is N#Cc1c(CC(=O)O)cc(N)nc1OC(F)(F)F. The lowest BCUT2D eigenvalue weighted by Crippen LogP contribution is -2.20. The zero-order chi connectivity index (χ0) is 13.9. The van der Waals surface area contributed by atoms with Crippen LogP contribution in [0, 0.1) is 11.3 Å². The minimum atomic E-state index is -5.05. The second-order valence-electron chi connectivity index (χ2n) is 3.12. The summed E-state index contributed by atoms with van der Waals surface area (Å²) < 4.78 is 39.7. The molecule has 0 amide bonds. The molecule has 96 valence electrons. The van der Waals surface area contributed by atoms with Gasteiger partial charge in [-0.3, -0.25) is 4.79 Å². The van der Waals surface area contributed by atoms with Gasteiger partial charge in [-0.25, -0.2) is 0 Å². The number of aliphatic carboxylic acids is 1. The summed E-state index contributed by atoms with van der Waals surface area (Å²) >= 11 is 0. The summed E-state index contributed by atoms with van der Waals surface area (Å²) in [5, 5.41) is 17.3. The normalized spacial score (nSPS) is 10.8. The van der Waals surface area contributed by atoms with E-state index in [0.29, 0.717) is 0 Å². The lowest BCUT2D eigenvalue weighted by Gasteiger charge is -2.11. The molecule has 9 heteroatoms. The minimum absolute atomic E-state index is 0.197. The maximum atomic E-state index is 12.1. The van der Waals surface area contributed by atoms with Crippen LogP contribution in [0.2, 0.25) is 0 Å². The first-order chi connectivity index (χ1) is 8.23. The molecule has 6 nitrogen and oxygen atoms in total. The van der Waals surface area contributed by atoms with Crippen LogP contribution in [0.1, 0.15) is 11.1 Å². The average Bonchev–Trinajstić information content (AvgIpc) is 2.13. The van der Waals surface area contributed by atoms with Crippen molar-refractivity contribution in [3.05, 3.63) is 17.2 Å². The number of anilines is 1. The van der Waals surface area contributed by atoms with Gasteiger partial charge in [0.05, 0.1) is 6.42 Å². The predicted molar refractivity (Wildman–Crippen MR) is 51.4 cm³/mol. The largest absolute Gasteiger partial charge is 0.574 e. The molecule has 0 aliphatic carbocycles.